The third-order valence-electron chi connectivity index (χ3n) is 3.62. The van der Waals surface area contributed by atoms with Gasteiger partial charge in [-0.15, -0.1) is 0 Å². The van der Waals surface area contributed by atoms with Crippen LogP contribution in [0.5, 0.6) is 0 Å². The van der Waals surface area contributed by atoms with Gasteiger partial charge in [-0.3, -0.25) is 4.99 Å². The molecule has 0 bridgehead atoms. The summed E-state index contributed by atoms with van der Waals surface area (Å²) in [6.45, 7) is 2.32. The molecule has 0 N–H and O–H groups in total. The normalized spacial score (nSPS) is 22.0. The van der Waals surface area contributed by atoms with E-state index in [1.54, 1.807) is 12.1 Å². The largest absolute Gasteiger partial charge is 0.465 e. The highest BCUT2D eigenvalue weighted by Crippen LogP contribution is 2.34. The highest BCUT2D eigenvalue weighted by Gasteiger charge is 2.31. The van der Waals surface area contributed by atoms with E-state index in [2.05, 4.69) is 9.73 Å². The summed E-state index contributed by atoms with van der Waals surface area (Å²) in [5.74, 6) is -0.907. The highest BCUT2D eigenvalue weighted by atomic mass is 19.4. The number of hydrogen-bond donors (Lipinski definition) is 0. The van der Waals surface area contributed by atoms with Gasteiger partial charge in [0.05, 0.1) is 18.2 Å². The van der Waals surface area contributed by atoms with Crippen LogP contribution in [0.15, 0.2) is 40.9 Å². The van der Waals surface area contributed by atoms with E-state index in [1.165, 1.54) is 19.4 Å². The van der Waals surface area contributed by atoms with E-state index >= 15 is 0 Å². The van der Waals surface area contributed by atoms with Crippen LogP contribution in [-0.4, -0.2) is 25.8 Å². The van der Waals surface area contributed by atoms with Gasteiger partial charge in [0.2, 0.25) is 0 Å². The molecule has 6 heteroatoms. The van der Waals surface area contributed by atoms with Crippen LogP contribution >= 0.6 is 0 Å². The predicted octanol–water partition coefficient (Wildman–Crippen LogP) is 3.61. The summed E-state index contributed by atoms with van der Waals surface area (Å²) in [4.78, 5) is 15.8. The Balaban J connectivity index is 2.43. The molecule has 22 heavy (non-hydrogen) atoms. The van der Waals surface area contributed by atoms with Gasteiger partial charge >= 0.3 is 12.1 Å². The highest BCUT2D eigenvalue weighted by molar-refractivity contribution is 6.09. The van der Waals surface area contributed by atoms with Crippen LogP contribution in [-0.2, 0) is 15.7 Å². The van der Waals surface area contributed by atoms with E-state index in [-0.39, 0.29) is 17.4 Å². The second-order valence-corrected chi connectivity index (χ2v) is 5.23. The second-order valence-electron chi connectivity index (χ2n) is 5.23. The zero-order valence-electron chi connectivity index (χ0n) is 12.2. The van der Waals surface area contributed by atoms with Crippen LogP contribution in [0.4, 0.5) is 13.2 Å². The quantitative estimate of drug-likeness (QED) is 0.783. The number of aliphatic imine (C=N–C) groups is 1. The SMILES string of the molecule is COC(=O)C1=CC(c2cccc(C(F)(F)F)c2)C(C)CN=C1. The predicted molar refractivity (Wildman–Crippen MR) is 76.8 cm³/mol. The van der Waals surface area contributed by atoms with Crippen molar-refractivity contribution < 1.29 is 22.7 Å². The third kappa shape index (κ3) is 3.55. The van der Waals surface area contributed by atoms with Gasteiger partial charge in [-0.1, -0.05) is 31.2 Å². The molecule has 3 nitrogen and oxygen atoms in total. The van der Waals surface area contributed by atoms with E-state index in [0.29, 0.717) is 12.1 Å². The zero-order valence-corrected chi connectivity index (χ0v) is 12.2. The summed E-state index contributed by atoms with van der Waals surface area (Å²) >= 11 is 0. The summed E-state index contributed by atoms with van der Waals surface area (Å²) in [7, 11) is 1.25. The lowest BCUT2D eigenvalue weighted by atomic mass is 9.85. The molecule has 0 saturated heterocycles. The maximum atomic E-state index is 12.9. The van der Waals surface area contributed by atoms with E-state index < -0.39 is 17.7 Å². The maximum absolute atomic E-state index is 12.9. The summed E-state index contributed by atoms with van der Waals surface area (Å²) in [6, 6.07) is 5.17. The lowest BCUT2D eigenvalue weighted by molar-refractivity contribution is -0.138. The van der Waals surface area contributed by atoms with E-state index in [9.17, 15) is 18.0 Å². The van der Waals surface area contributed by atoms with Gasteiger partial charge in [-0.05, 0) is 17.5 Å². The third-order valence-corrected chi connectivity index (χ3v) is 3.62. The number of benzene rings is 1. The van der Waals surface area contributed by atoms with Crippen molar-refractivity contribution in [2.45, 2.75) is 19.0 Å². The number of nitrogens with zero attached hydrogens (tertiary/aromatic N) is 1. The average molecular weight is 311 g/mol. The molecule has 1 aliphatic rings. The average Bonchev–Trinajstić information content (AvgIpc) is 2.67. The van der Waals surface area contributed by atoms with Crippen LogP contribution in [0.1, 0.15) is 24.0 Å². The van der Waals surface area contributed by atoms with E-state index in [4.69, 9.17) is 0 Å². The standard InChI is InChI=1S/C16H16F3NO2/c1-10-8-20-9-12(15(21)22-2)7-14(10)11-4-3-5-13(6-11)16(17,18)19/h3-7,9-10,14H,8H2,1-2H3. The number of hydrogen-bond acceptors (Lipinski definition) is 3. The first-order chi connectivity index (χ1) is 10.3. The summed E-state index contributed by atoms with van der Waals surface area (Å²) in [5, 5.41) is 0. The molecule has 2 rings (SSSR count). The number of alkyl halides is 3. The summed E-state index contributed by atoms with van der Waals surface area (Å²) in [6.07, 6.45) is -1.35. The van der Waals surface area contributed by atoms with Gasteiger partial charge in [0, 0.05) is 18.7 Å². The molecule has 0 radical (unpaired) electrons. The van der Waals surface area contributed by atoms with Crippen LogP contribution in [0.3, 0.4) is 0 Å². The Morgan fingerprint density at radius 1 is 1.36 bits per heavy atom. The van der Waals surface area contributed by atoms with E-state index in [1.807, 2.05) is 6.92 Å². The fraction of sp³-hybridized carbons (Fsp3) is 0.375. The van der Waals surface area contributed by atoms with Crippen molar-refractivity contribution in [1.82, 2.24) is 0 Å². The van der Waals surface area contributed by atoms with Crippen molar-refractivity contribution >= 4 is 12.2 Å². The number of carbonyl (C=O) groups excluding carboxylic acids is 1. The lowest BCUT2D eigenvalue weighted by Gasteiger charge is -2.20. The molecule has 0 aromatic heterocycles. The molecule has 0 spiro atoms. The Morgan fingerprint density at radius 3 is 2.73 bits per heavy atom. The topological polar surface area (TPSA) is 38.7 Å². The summed E-state index contributed by atoms with van der Waals surface area (Å²) in [5.41, 5.74) is 0.0684. The van der Waals surface area contributed by atoms with Gasteiger partial charge < -0.3 is 4.74 Å². The molecule has 2 unspecified atom stereocenters. The first-order valence-corrected chi connectivity index (χ1v) is 6.80. The fourth-order valence-corrected chi connectivity index (χ4v) is 2.42. The Labute approximate surface area is 126 Å². The van der Waals surface area contributed by atoms with Crippen LogP contribution in [0.2, 0.25) is 0 Å². The molecule has 0 aliphatic carbocycles. The number of rotatable bonds is 2. The van der Waals surface area contributed by atoms with Crippen LogP contribution in [0, 0.1) is 5.92 Å². The number of halogens is 3. The number of ether oxygens (including phenoxy) is 1. The lowest BCUT2D eigenvalue weighted by Crippen LogP contribution is -2.13. The van der Waals surface area contributed by atoms with Crippen molar-refractivity contribution in [2.24, 2.45) is 10.9 Å². The fourth-order valence-electron chi connectivity index (χ4n) is 2.42. The monoisotopic (exact) mass is 311 g/mol. The number of methoxy groups -OCH3 is 1. The van der Waals surface area contributed by atoms with Gasteiger partial charge in [0.15, 0.2) is 0 Å². The van der Waals surface area contributed by atoms with Gasteiger partial charge in [-0.2, -0.15) is 13.2 Å². The van der Waals surface area contributed by atoms with Crippen LogP contribution < -0.4 is 0 Å². The first kappa shape index (κ1) is 16.3. The Kier molecular flexibility index (Phi) is 4.68. The van der Waals surface area contributed by atoms with E-state index in [0.717, 1.165) is 12.1 Å². The van der Waals surface area contributed by atoms with Gasteiger partial charge in [-0.25, -0.2) is 4.79 Å². The minimum absolute atomic E-state index is 0.0260. The molecule has 118 valence electrons. The minimum Gasteiger partial charge on any atom is -0.465 e. The molecule has 1 heterocycles. The molecule has 1 aliphatic heterocycles. The van der Waals surface area contributed by atoms with Crippen molar-refractivity contribution in [2.75, 3.05) is 13.7 Å². The van der Waals surface area contributed by atoms with Crippen molar-refractivity contribution in [3.8, 4) is 0 Å². The zero-order chi connectivity index (χ0) is 16.3. The molecule has 0 amide bonds. The number of allylic oxidation sites excluding steroid dienone is 1. The molecule has 0 fully saturated rings. The van der Waals surface area contributed by atoms with Crippen molar-refractivity contribution in [3.63, 3.8) is 0 Å². The van der Waals surface area contributed by atoms with Crippen molar-refractivity contribution in [3.05, 3.63) is 47.0 Å². The molecule has 1 aromatic rings. The molecular formula is C16H16F3NO2. The Bertz CT molecular complexity index is 620. The molecular weight excluding hydrogens is 295 g/mol. The first-order valence-electron chi connectivity index (χ1n) is 6.80. The van der Waals surface area contributed by atoms with Gasteiger partial charge in [0.25, 0.3) is 0 Å². The van der Waals surface area contributed by atoms with Crippen LogP contribution in [0.25, 0.3) is 0 Å². The van der Waals surface area contributed by atoms with Crippen molar-refractivity contribution in [1.29, 1.82) is 0 Å². The second kappa shape index (κ2) is 6.34. The number of esters is 1. The van der Waals surface area contributed by atoms with Gasteiger partial charge in [0.1, 0.15) is 0 Å². The summed E-state index contributed by atoms with van der Waals surface area (Å²) < 4.78 is 43.2. The molecule has 2 atom stereocenters. The smallest absolute Gasteiger partial charge is 0.416 e. The Morgan fingerprint density at radius 2 is 2.09 bits per heavy atom. The molecule has 0 saturated carbocycles. The minimum atomic E-state index is -4.39. The molecule has 1 aromatic carbocycles. The number of carbonyl (C=O) groups is 1. The maximum Gasteiger partial charge on any atom is 0.416 e. The Hall–Kier alpha value is -2.11.